The fraction of sp³-hybridized carbons (Fsp3) is 0.600. The largest absolute Gasteiger partial charge is 0.368 e. The van der Waals surface area contributed by atoms with Gasteiger partial charge in [0, 0.05) is 43.3 Å². The van der Waals surface area contributed by atoms with Gasteiger partial charge in [-0.05, 0) is 62.1 Å². The summed E-state index contributed by atoms with van der Waals surface area (Å²) in [5.74, 6) is 1.11. The highest BCUT2D eigenvalue weighted by Crippen LogP contribution is 2.43. The number of amides is 1. The highest BCUT2D eigenvalue weighted by atomic mass is 32.1. The van der Waals surface area contributed by atoms with Gasteiger partial charge in [0.1, 0.15) is 16.4 Å². The second-order valence-electron chi connectivity index (χ2n) is 12.7. The van der Waals surface area contributed by atoms with Crippen LogP contribution in [-0.4, -0.2) is 78.4 Å². The first-order valence-corrected chi connectivity index (χ1v) is 15.6. The molecule has 6 rings (SSSR count). The van der Waals surface area contributed by atoms with Crippen LogP contribution in [0.2, 0.25) is 0 Å². The third-order valence-electron chi connectivity index (χ3n) is 9.12. The van der Waals surface area contributed by atoms with E-state index in [1.165, 1.54) is 37.3 Å². The Hall–Kier alpha value is -3.18. The Bertz CT molecular complexity index is 1460. The molecule has 2 N–H and O–H groups in total. The molecule has 0 unspecified atom stereocenters. The third-order valence-corrected chi connectivity index (χ3v) is 10.0. The standard InChI is InChI=1S/C30H40N8O2S/c1-18-5-9-37(10-6-18)21-7-11-38(12-8-21)24(40)13-20-17-41-23(33-20)14-22(39)28-25-27(35-36(28)4)26-19(15-30(25,2)3)16-32-29(31)34-26/h16-18,21H,5-15H2,1-4H3,(H2,31,32,34). The minimum Gasteiger partial charge on any atom is -0.368 e. The molecule has 5 heterocycles. The molecule has 2 fully saturated rings. The van der Waals surface area contributed by atoms with Crippen LogP contribution in [0.4, 0.5) is 5.95 Å². The van der Waals surface area contributed by atoms with E-state index in [9.17, 15) is 9.59 Å². The Labute approximate surface area is 245 Å². The molecular weight excluding hydrogens is 536 g/mol. The number of nitrogen functional groups attached to an aromatic ring is 1. The molecule has 218 valence electrons. The predicted molar refractivity (Wildman–Crippen MR) is 159 cm³/mol. The molecular formula is C30H40N8O2S. The SMILES string of the molecule is CC1CCN(C2CCN(C(=O)Cc3csc(CC(=O)c4c5c(nn4C)-c4nc(N)ncc4CC5(C)C)n3)CC2)CC1. The minimum absolute atomic E-state index is 0.0405. The molecule has 2 saturated heterocycles. The van der Waals surface area contributed by atoms with Crippen LogP contribution in [0.1, 0.15) is 78.8 Å². The number of rotatable bonds is 6. The second kappa shape index (κ2) is 10.9. The second-order valence-corrected chi connectivity index (χ2v) is 13.6. The summed E-state index contributed by atoms with van der Waals surface area (Å²) >= 11 is 1.44. The van der Waals surface area contributed by atoms with Gasteiger partial charge in [-0.1, -0.05) is 20.8 Å². The molecule has 0 radical (unpaired) electrons. The number of likely N-dealkylation sites (tertiary alicyclic amines) is 2. The molecule has 3 aliphatic rings. The number of fused-ring (bicyclic) bond motifs is 3. The molecule has 3 aromatic heterocycles. The first kappa shape index (κ1) is 28.0. The van der Waals surface area contributed by atoms with Crippen molar-refractivity contribution in [1.82, 2.24) is 34.5 Å². The molecule has 0 spiro atoms. The van der Waals surface area contributed by atoms with E-state index < -0.39 is 0 Å². The Balaban J connectivity index is 1.10. The lowest BCUT2D eigenvalue weighted by molar-refractivity contribution is -0.132. The predicted octanol–water partition coefficient (Wildman–Crippen LogP) is 3.44. The molecule has 41 heavy (non-hydrogen) atoms. The van der Waals surface area contributed by atoms with Gasteiger partial charge >= 0.3 is 0 Å². The highest BCUT2D eigenvalue weighted by Gasteiger charge is 2.39. The fourth-order valence-electron chi connectivity index (χ4n) is 6.84. The van der Waals surface area contributed by atoms with Gasteiger partial charge in [0.15, 0.2) is 5.78 Å². The molecule has 3 aromatic rings. The number of nitrogens with zero attached hydrogens (tertiary/aromatic N) is 7. The zero-order valence-electron chi connectivity index (χ0n) is 24.5. The first-order valence-electron chi connectivity index (χ1n) is 14.8. The van der Waals surface area contributed by atoms with Crippen LogP contribution in [0.5, 0.6) is 0 Å². The molecule has 0 bridgehead atoms. The number of nitrogens with two attached hydrogens (primary N) is 1. The first-order chi connectivity index (χ1) is 19.6. The average molecular weight is 577 g/mol. The lowest BCUT2D eigenvalue weighted by atomic mass is 9.73. The summed E-state index contributed by atoms with van der Waals surface area (Å²) in [5.41, 5.74) is 10.1. The lowest BCUT2D eigenvalue weighted by Crippen LogP contribution is -2.49. The van der Waals surface area contributed by atoms with E-state index in [0.717, 1.165) is 48.7 Å². The Kier molecular flexibility index (Phi) is 7.44. The van der Waals surface area contributed by atoms with Crippen molar-refractivity contribution >= 4 is 29.0 Å². The van der Waals surface area contributed by atoms with E-state index in [0.29, 0.717) is 34.6 Å². The van der Waals surface area contributed by atoms with E-state index in [4.69, 9.17) is 15.8 Å². The van der Waals surface area contributed by atoms with Gasteiger partial charge in [-0.15, -0.1) is 11.3 Å². The van der Waals surface area contributed by atoms with E-state index in [-0.39, 0.29) is 35.9 Å². The number of aromatic nitrogens is 5. The number of hydrogen-bond acceptors (Lipinski definition) is 9. The van der Waals surface area contributed by atoms with Gasteiger partial charge in [-0.3, -0.25) is 14.3 Å². The summed E-state index contributed by atoms with van der Waals surface area (Å²) in [6.45, 7) is 10.6. The number of thiazole rings is 1. The molecule has 0 saturated carbocycles. The summed E-state index contributed by atoms with van der Waals surface area (Å²) < 4.78 is 1.66. The number of carbonyl (C=O) groups is 2. The summed E-state index contributed by atoms with van der Waals surface area (Å²) in [5, 5.41) is 7.34. The van der Waals surface area contributed by atoms with Crippen LogP contribution >= 0.6 is 11.3 Å². The van der Waals surface area contributed by atoms with E-state index >= 15 is 0 Å². The Morgan fingerprint density at radius 3 is 2.51 bits per heavy atom. The van der Waals surface area contributed by atoms with Crippen molar-refractivity contribution < 1.29 is 9.59 Å². The van der Waals surface area contributed by atoms with Crippen LogP contribution in [0.25, 0.3) is 11.4 Å². The van der Waals surface area contributed by atoms with E-state index in [1.54, 1.807) is 17.9 Å². The lowest BCUT2D eigenvalue weighted by Gasteiger charge is -2.41. The maximum Gasteiger partial charge on any atom is 0.228 e. The Morgan fingerprint density at radius 1 is 1.05 bits per heavy atom. The molecule has 1 aliphatic carbocycles. The fourth-order valence-corrected chi connectivity index (χ4v) is 7.64. The van der Waals surface area contributed by atoms with E-state index in [1.807, 2.05) is 10.3 Å². The Morgan fingerprint density at radius 2 is 1.78 bits per heavy atom. The summed E-state index contributed by atoms with van der Waals surface area (Å²) in [7, 11) is 1.80. The maximum absolute atomic E-state index is 13.7. The van der Waals surface area contributed by atoms with Gasteiger partial charge in [-0.25, -0.2) is 15.0 Å². The van der Waals surface area contributed by atoms with Crippen LogP contribution in [0.3, 0.4) is 0 Å². The van der Waals surface area contributed by atoms with Crippen LogP contribution < -0.4 is 5.73 Å². The monoisotopic (exact) mass is 576 g/mol. The van der Waals surface area contributed by atoms with Crippen molar-refractivity contribution in [2.75, 3.05) is 31.9 Å². The number of hydrogen-bond donors (Lipinski definition) is 1. The summed E-state index contributed by atoms with van der Waals surface area (Å²) in [6, 6.07) is 0.601. The normalized spacial score (nSPS) is 19.7. The van der Waals surface area contributed by atoms with Crippen LogP contribution in [0, 0.1) is 5.92 Å². The number of piperidine rings is 2. The quantitative estimate of drug-likeness (QED) is 0.443. The zero-order valence-corrected chi connectivity index (χ0v) is 25.3. The van der Waals surface area contributed by atoms with Gasteiger partial charge in [0.2, 0.25) is 11.9 Å². The average Bonchev–Trinajstić information content (AvgIpc) is 3.53. The van der Waals surface area contributed by atoms with Crippen LogP contribution in [0.15, 0.2) is 11.6 Å². The van der Waals surface area contributed by atoms with Gasteiger partial charge in [0.25, 0.3) is 0 Å². The zero-order chi connectivity index (χ0) is 28.9. The smallest absolute Gasteiger partial charge is 0.228 e. The number of anilines is 1. The van der Waals surface area contributed by atoms with Crippen molar-refractivity contribution in [3.63, 3.8) is 0 Å². The third kappa shape index (κ3) is 5.53. The van der Waals surface area contributed by atoms with Gasteiger partial charge < -0.3 is 15.5 Å². The molecule has 11 heteroatoms. The van der Waals surface area contributed by atoms with Crippen molar-refractivity contribution in [3.05, 3.63) is 39.1 Å². The van der Waals surface area contributed by atoms with Crippen molar-refractivity contribution in [2.24, 2.45) is 13.0 Å². The van der Waals surface area contributed by atoms with Gasteiger partial charge in [0.05, 0.1) is 24.2 Å². The van der Waals surface area contributed by atoms with Crippen molar-refractivity contribution in [3.8, 4) is 11.4 Å². The molecule has 0 atom stereocenters. The summed E-state index contributed by atoms with van der Waals surface area (Å²) in [4.78, 5) is 44.7. The maximum atomic E-state index is 13.7. The number of Topliss-reactive ketones (excluding diaryl/α,β-unsaturated/α-hetero) is 1. The number of aryl methyl sites for hydroxylation is 1. The molecule has 1 amide bonds. The molecule has 2 aliphatic heterocycles. The number of ketones is 1. The summed E-state index contributed by atoms with van der Waals surface area (Å²) in [6.07, 6.45) is 7.56. The topological polar surface area (TPSA) is 123 Å². The van der Waals surface area contributed by atoms with Crippen molar-refractivity contribution in [2.45, 2.75) is 77.2 Å². The number of carbonyl (C=O) groups excluding carboxylic acids is 2. The van der Waals surface area contributed by atoms with Crippen LogP contribution in [-0.2, 0) is 36.5 Å². The minimum atomic E-state index is -0.318. The molecule has 0 aromatic carbocycles. The molecule has 10 nitrogen and oxygen atoms in total. The highest BCUT2D eigenvalue weighted by molar-refractivity contribution is 7.09. The van der Waals surface area contributed by atoms with Crippen molar-refractivity contribution in [1.29, 1.82) is 0 Å². The van der Waals surface area contributed by atoms with E-state index in [2.05, 4.69) is 35.6 Å². The van der Waals surface area contributed by atoms with Gasteiger partial charge in [-0.2, -0.15) is 5.10 Å².